The third-order valence-electron chi connectivity index (χ3n) is 2.43. The first kappa shape index (κ1) is 15.1. The lowest BCUT2D eigenvalue weighted by molar-refractivity contribution is -0.113. The normalized spacial score (nSPS) is 10.6. The summed E-state index contributed by atoms with van der Waals surface area (Å²) in [6.45, 7) is 0. The fraction of sp³-hybridized carbons (Fsp3) is 0.0833. The number of nitrogens with one attached hydrogen (secondary N) is 1. The first-order valence-corrected chi connectivity index (χ1v) is 8.65. The third-order valence-corrected chi connectivity index (χ3v) is 4.38. The zero-order valence-corrected chi connectivity index (χ0v) is 14.1. The number of halogens is 1. The Labute approximate surface area is 141 Å². The lowest BCUT2D eigenvalue weighted by atomic mass is 10.2. The molecule has 0 fully saturated rings. The summed E-state index contributed by atoms with van der Waals surface area (Å²) in [5, 5.41) is 18.7. The molecule has 1 amide bonds. The number of anilines is 1. The highest BCUT2D eigenvalue weighted by Gasteiger charge is 2.12. The van der Waals surface area contributed by atoms with Gasteiger partial charge in [0.1, 0.15) is 5.51 Å². The monoisotopic (exact) mass is 397 g/mol. The molecule has 22 heavy (non-hydrogen) atoms. The highest BCUT2D eigenvalue weighted by atomic mass is 79.9. The van der Waals surface area contributed by atoms with Gasteiger partial charge in [0.05, 0.1) is 5.75 Å². The van der Waals surface area contributed by atoms with Gasteiger partial charge in [-0.05, 0) is 24.3 Å². The van der Waals surface area contributed by atoms with Crippen molar-refractivity contribution in [1.82, 2.24) is 20.4 Å². The van der Waals surface area contributed by atoms with E-state index in [1.54, 1.807) is 5.51 Å². The van der Waals surface area contributed by atoms with Gasteiger partial charge in [-0.3, -0.25) is 10.1 Å². The van der Waals surface area contributed by atoms with Gasteiger partial charge in [0, 0.05) is 10.0 Å². The summed E-state index contributed by atoms with van der Waals surface area (Å²) in [5.74, 6) is 0.367. The maximum Gasteiger partial charge on any atom is 0.277 e. The van der Waals surface area contributed by atoms with Crippen molar-refractivity contribution < 1.29 is 9.21 Å². The Morgan fingerprint density at radius 3 is 2.82 bits per heavy atom. The maximum absolute atomic E-state index is 11.7. The van der Waals surface area contributed by atoms with Crippen molar-refractivity contribution >= 4 is 50.1 Å². The molecule has 2 aromatic heterocycles. The molecule has 0 saturated heterocycles. The Morgan fingerprint density at radius 2 is 2.09 bits per heavy atom. The van der Waals surface area contributed by atoms with Crippen LogP contribution < -0.4 is 5.32 Å². The highest BCUT2D eigenvalue weighted by molar-refractivity contribution is 9.10. The number of thioether (sulfide) groups is 1. The molecule has 1 N–H and O–H groups in total. The van der Waals surface area contributed by atoms with Crippen LogP contribution in [0.4, 0.5) is 5.13 Å². The van der Waals surface area contributed by atoms with Crippen LogP contribution in [0.2, 0.25) is 0 Å². The molecule has 3 aromatic rings. The molecule has 112 valence electrons. The molecule has 0 saturated carbocycles. The highest BCUT2D eigenvalue weighted by Crippen LogP contribution is 2.24. The minimum absolute atomic E-state index is 0.154. The van der Waals surface area contributed by atoms with Gasteiger partial charge in [-0.25, -0.2) is 0 Å². The molecule has 0 atom stereocenters. The van der Waals surface area contributed by atoms with Gasteiger partial charge in [-0.15, -0.1) is 20.4 Å². The number of carbonyl (C=O) groups is 1. The molecular formula is C12H8BrN5O2S2. The predicted octanol–water partition coefficient (Wildman–Crippen LogP) is 3.08. The molecular weight excluding hydrogens is 390 g/mol. The van der Waals surface area contributed by atoms with Crippen LogP contribution in [-0.4, -0.2) is 32.1 Å². The van der Waals surface area contributed by atoms with Gasteiger partial charge < -0.3 is 4.42 Å². The SMILES string of the molecule is O=C(CSc1nnc(-c2ccc(Br)cc2)o1)Nc1nncs1. The second kappa shape index (κ2) is 6.99. The van der Waals surface area contributed by atoms with Crippen molar-refractivity contribution in [2.24, 2.45) is 0 Å². The van der Waals surface area contributed by atoms with Crippen LogP contribution in [0.25, 0.3) is 11.5 Å². The van der Waals surface area contributed by atoms with E-state index in [1.807, 2.05) is 24.3 Å². The number of hydrogen-bond donors (Lipinski definition) is 1. The number of aromatic nitrogens is 4. The average Bonchev–Trinajstić information content (AvgIpc) is 3.17. The van der Waals surface area contributed by atoms with Crippen molar-refractivity contribution in [3.05, 3.63) is 34.2 Å². The average molecular weight is 398 g/mol. The van der Waals surface area contributed by atoms with Crippen molar-refractivity contribution in [3.8, 4) is 11.5 Å². The van der Waals surface area contributed by atoms with Crippen LogP contribution in [0.15, 0.2) is 43.9 Å². The molecule has 0 aliphatic carbocycles. The molecule has 7 nitrogen and oxygen atoms in total. The van der Waals surface area contributed by atoms with E-state index in [1.165, 1.54) is 11.3 Å². The van der Waals surface area contributed by atoms with Crippen molar-refractivity contribution in [1.29, 1.82) is 0 Å². The lowest BCUT2D eigenvalue weighted by Gasteiger charge is -1.98. The van der Waals surface area contributed by atoms with E-state index in [-0.39, 0.29) is 11.7 Å². The third kappa shape index (κ3) is 3.90. The molecule has 1 aromatic carbocycles. The van der Waals surface area contributed by atoms with E-state index in [9.17, 15) is 4.79 Å². The number of amides is 1. The summed E-state index contributed by atoms with van der Waals surface area (Å²) in [4.78, 5) is 11.7. The fourth-order valence-corrected chi connectivity index (χ4v) is 2.78. The molecule has 0 radical (unpaired) electrons. The van der Waals surface area contributed by atoms with Gasteiger partial charge in [0.15, 0.2) is 0 Å². The molecule has 0 bridgehead atoms. The lowest BCUT2D eigenvalue weighted by Crippen LogP contribution is -2.13. The predicted molar refractivity (Wildman–Crippen MR) is 86.7 cm³/mol. The van der Waals surface area contributed by atoms with Crippen molar-refractivity contribution in [3.63, 3.8) is 0 Å². The van der Waals surface area contributed by atoms with E-state index in [2.05, 4.69) is 41.6 Å². The van der Waals surface area contributed by atoms with E-state index in [4.69, 9.17) is 4.42 Å². The summed E-state index contributed by atoms with van der Waals surface area (Å²) in [7, 11) is 0. The Hall–Kier alpha value is -1.78. The van der Waals surface area contributed by atoms with Crippen LogP contribution in [0.5, 0.6) is 0 Å². The van der Waals surface area contributed by atoms with E-state index < -0.39 is 0 Å². The van der Waals surface area contributed by atoms with Crippen LogP contribution in [-0.2, 0) is 4.79 Å². The number of benzene rings is 1. The Morgan fingerprint density at radius 1 is 1.27 bits per heavy atom. The second-order valence-electron chi connectivity index (χ2n) is 3.96. The van der Waals surface area contributed by atoms with Gasteiger partial charge in [0.25, 0.3) is 5.22 Å². The minimum Gasteiger partial charge on any atom is -0.411 e. The first-order chi connectivity index (χ1) is 10.7. The van der Waals surface area contributed by atoms with E-state index in [0.717, 1.165) is 21.8 Å². The quantitative estimate of drug-likeness (QED) is 0.660. The Kier molecular flexibility index (Phi) is 4.80. The topological polar surface area (TPSA) is 93.8 Å². The fourth-order valence-electron chi connectivity index (χ4n) is 1.49. The van der Waals surface area contributed by atoms with Crippen LogP contribution in [0.3, 0.4) is 0 Å². The molecule has 3 rings (SSSR count). The summed E-state index contributed by atoms with van der Waals surface area (Å²) in [6.07, 6.45) is 0. The molecule has 0 spiro atoms. The molecule has 0 aliphatic rings. The minimum atomic E-state index is -0.204. The van der Waals surface area contributed by atoms with Gasteiger partial charge in [-0.1, -0.05) is 39.0 Å². The number of nitrogens with zero attached hydrogens (tertiary/aromatic N) is 4. The number of carbonyl (C=O) groups excluding carboxylic acids is 1. The first-order valence-electron chi connectivity index (χ1n) is 5.99. The summed E-state index contributed by atoms with van der Waals surface area (Å²) in [6, 6.07) is 7.52. The van der Waals surface area contributed by atoms with E-state index in [0.29, 0.717) is 16.2 Å². The van der Waals surface area contributed by atoms with Gasteiger partial charge in [-0.2, -0.15) is 0 Å². The second-order valence-corrected chi connectivity index (χ2v) is 6.64. The van der Waals surface area contributed by atoms with Gasteiger partial charge in [0.2, 0.25) is 16.9 Å². The maximum atomic E-state index is 11.7. The molecule has 0 aliphatic heterocycles. The standard InChI is InChI=1S/C12H8BrN5O2S2/c13-8-3-1-7(2-4-8)10-16-18-12(20-10)21-5-9(19)15-11-17-14-6-22-11/h1-4,6H,5H2,(H,15,17,19). The Balaban J connectivity index is 1.57. The zero-order valence-electron chi connectivity index (χ0n) is 10.9. The van der Waals surface area contributed by atoms with Crippen LogP contribution in [0.1, 0.15) is 0 Å². The zero-order chi connectivity index (χ0) is 15.4. The van der Waals surface area contributed by atoms with Crippen LogP contribution in [0, 0.1) is 0 Å². The molecule has 10 heteroatoms. The van der Waals surface area contributed by atoms with Gasteiger partial charge >= 0.3 is 0 Å². The summed E-state index contributed by atoms with van der Waals surface area (Å²) < 4.78 is 6.49. The number of rotatable bonds is 5. The number of hydrogen-bond acceptors (Lipinski definition) is 8. The Bertz CT molecular complexity index is 760. The molecule has 2 heterocycles. The smallest absolute Gasteiger partial charge is 0.277 e. The van der Waals surface area contributed by atoms with Crippen molar-refractivity contribution in [2.45, 2.75) is 5.22 Å². The van der Waals surface area contributed by atoms with Crippen LogP contribution >= 0.6 is 39.0 Å². The summed E-state index contributed by atoms with van der Waals surface area (Å²) >= 11 is 5.78. The molecule has 0 unspecified atom stereocenters. The van der Waals surface area contributed by atoms with Crippen molar-refractivity contribution in [2.75, 3.05) is 11.1 Å². The largest absolute Gasteiger partial charge is 0.411 e. The van der Waals surface area contributed by atoms with E-state index >= 15 is 0 Å². The summed E-state index contributed by atoms with van der Waals surface area (Å²) in [5.41, 5.74) is 2.37.